The van der Waals surface area contributed by atoms with Crippen molar-refractivity contribution in [1.82, 2.24) is 10.6 Å². The normalized spacial score (nSPS) is 15.7. The van der Waals surface area contributed by atoms with Crippen LogP contribution in [0.3, 0.4) is 0 Å². The highest BCUT2D eigenvalue weighted by Gasteiger charge is 2.40. The molecule has 1 aliphatic carbocycles. The number of carbonyl (C=O) groups excluding carboxylic acids is 1. The summed E-state index contributed by atoms with van der Waals surface area (Å²) < 4.78 is 43.7. The third-order valence-corrected chi connectivity index (χ3v) is 5.26. The summed E-state index contributed by atoms with van der Waals surface area (Å²) in [5.41, 5.74) is -0.192. The Morgan fingerprint density at radius 2 is 1.97 bits per heavy atom. The fraction of sp³-hybridized carbons (Fsp3) is 0.600. The summed E-state index contributed by atoms with van der Waals surface area (Å²) in [5.74, 6) is 0.381. The highest BCUT2D eigenvalue weighted by Crippen LogP contribution is 2.44. The van der Waals surface area contributed by atoms with E-state index < -0.39 is 11.7 Å². The van der Waals surface area contributed by atoms with Gasteiger partial charge in [-0.25, -0.2) is 0 Å². The third kappa shape index (κ3) is 7.35. The van der Waals surface area contributed by atoms with Crippen LogP contribution in [0.2, 0.25) is 0 Å². The van der Waals surface area contributed by atoms with E-state index in [0.717, 1.165) is 37.3 Å². The van der Waals surface area contributed by atoms with Gasteiger partial charge in [0.1, 0.15) is 0 Å². The number of ether oxygens (including phenoxy) is 1. The lowest BCUT2D eigenvalue weighted by Crippen LogP contribution is -2.49. The van der Waals surface area contributed by atoms with E-state index in [2.05, 4.69) is 20.4 Å². The van der Waals surface area contributed by atoms with E-state index in [1.54, 1.807) is 13.1 Å². The van der Waals surface area contributed by atoms with E-state index in [1.807, 2.05) is 0 Å². The molecule has 1 fully saturated rings. The van der Waals surface area contributed by atoms with Gasteiger partial charge in [0.2, 0.25) is 0 Å². The average Bonchev–Trinajstić information content (AvgIpc) is 2.64. The van der Waals surface area contributed by atoms with Crippen LogP contribution >= 0.6 is 24.0 Å². The van der Waals surface area contributed by atoms with Gasteiger partial charge >= 0.3 is 12.1 Å². The first-order chi connectivity index (χ1) is 13.3. The van der Waals surface area contributed by atoms with E-state index in [1.165, 1.54) is 19.2 Å². The van der Waals surface area contributed by atoms with Crippen LogP contribution < -0.4 is 10.6 Å². The predicted molar refractivity (Wildman–Crippen MR) is 118 cm³/mol. The molecule has 1 aliphatic rings. The van der Waals surface area contributed by atoms with Crippen molar-refractivity contribution in [2.75, 3.05) is 27.2 Å². The van der Waals surface area contributed by atoms with Gasteiger partial charge in [-0.15, -0.1) is 24.0 Å². The minimum absolute atomic E-state index is 0. The molecule has 0 saturated heterocycles. The van der Waals surface area contributed by atoms with Crippen molar-refractivity contribution in [1.29, 1.82) is 0 Å². The number of carbonyl (C=O) groups is 1. The van der Waals surface area contributed by atoms with Crippen molar-refractivity contribution in [3.05, 3.63) is 35.4 Å². The van der Waals surface area contributed by atoms with Crippen LogP contribution in [0.25, 0.3) is 0 Å². The summed E-state index contributed by atoms with van der Waals surface area (Å²) >= 11 is 0. The molecule has 1 aromatic rings. The minimum atomic E-state index is -4.34. The monoisotopic (exact) mass is 527 g/mol. The van der Waals surface area contributed by atoms with Gasteiger partial charge in [-0.1, -0.05) is 24.6 Å². The quantitative estimate of drug-likeness (QED) is 0.175. The number of rotatable bonds is 8. The van der Waals surface area contributed by atoms with E-state index >= 15 is 0 Å². The van der Waals surface area contributed by atoms with Crippen molar-refractivity contribution < 1.29 is 22.7 Å². The topological polar surface area (TPSA) is 62.7 Å². The van der Waals surface area contributed by atoms with Crippen LogP contribution in [0.1, 0.15) is 49.7 Å². The first-order valence-corrected chi connectivity index (χ1v) is 9.50. The van der Waals surface area contributed by atoms with Crippen molar-refractivity contribution in [3.63, 3.8) is 0 Å². The summed E-state index contributed by atoms with van der Waals surface area (Å²) in [5, 5.41) is 6.42. The van der Waals surface area contributed by atoms with Gasteiger partial charge in [-0.3, -0.25) is 9.79 Å². The molecule has 2 rings (SSSR count). The number of halogens is 4. The van der Waals surface area contributed by atoms with E-state index in [0.29, 0.717) is 31.9 Å². The second kappa shape index (κ2) is 11.6. The van der Waals surface area contributed by atoms with E-state index in [4.69, 9.17) is 0 Å². The number of aliphatic imine (C=N–C) groups is 1. The number of hydrogen-bond acceptors (Lipinski definition) is 3. The number of esters is 1. The predicted octanol–water partition coefficient (Wildman–Crippen LogP) is 4.25. The lowest BCUT2D eigenvalue weighted by atomic mass is 9.64. The molecule has 0 bridgehead atoms. The number of guanidine groups is 1. The molecule has 0 radical (unpaired) electrons. The second-order valence-corrected chi connectivity index (χ2v) is 7.10. The first-order valence-electron chi connectivity index (χ1n) is 9.50. The van der Waals surface area contributed by atoms with Gasteiger partial charge in [-0.2, -0.15) is 13.2 Å². The van der Waals surface area contributed by atoms with E-state index in [-0.39, 0.29) is 35.4 Å². The summed E-state index contributed by atoms with van der Waals surface area (Å²) in [4.78, 5) is 15.3. The maximum Gasteiger partial charge on any atom is 0.416 e. The number of hydrogen-bond donors (Lipinski definition) is 2. The smallest absolute Gasteiger partial charge is 0.416 e. The van der Waals surface area contributed by atoms with Crippen LogP contribution in [-0.4, -0.2) is 39.2 Å². The molecule has 9 heteroatoms. The van der Waals surface area contributed by atoms with Crippen molar-refractivity contribution in [2.45, 2.75) is 50.1 Å². The zero-order chi connectivity index (χ0) is 20.6. The van der Waals surface area contributed by atoms with Gasteiger partial charge in [0, 0.05) is 32.0 Å². The molecule has 0 atom stereocenters. The number of nitrogens with zero attached hydrogens (tertiary/aromatic N) is 1. The van der Waals surface area contributed by atoms with Crippen LogP contribution in [0.5, 0.6) is 0 Å². The van der Waals surface area contributed by atoms with Crippen LogP contribution in [-0.2, 0) is 21.1 Å². The fourth-order valence-corrected chi connectivity index (χ4v) is 3.37. The Kier molecular flexibility index (Phi) is 10.2. The molecule has 164 valence electrons. The zero-order valence-corrected chi connectivity index (χ0v) is 19.1. The Labute approximate surface area is 186 Å². The summed E-state index contributed by atoms with van der Waals surface area (Å²) in [7, 11) is 3.02. The maximum atomic E-state index is 13.0. The number of benzene rings is 1. The number of alkyl halides is 3. The van der Waals surface area contributed by atoms with Gasteiger partial charge in [0.15, 0.2) is 5.96 Å². The minimum Gasteiger partial charge on any atom is -0.469 e. The Bertz CT molecular complexity index is 692. The molecule has 1 aromatic carbocycles. The number of methoxy groups -OCH3 is 1. The van der Waals surface area contributed by atoms with Crippen LogP contribution in [0.4, 0.5) is 13.2 Å². The maximum absolute atomic E-state index is 13.0. The number of nitrogens with one attached hydrogen (secondary N) is 2. The van der Waals surface area contributed by atoms with Gasteiger partial charge in [-0.05, 0) is 37.3 Å². The molecule has 0 heterocycles. The average molecular weight is 527 g/mol. The molecule has 1 saturated carbocycles. The lowest BCUT2D eigenvalue weighted by molar-refractivity contribution is -0.140. The van der Waals surface area contributed by atoms with Crippen LogP contribution in [0, 0.1) is 0 Å². The lowest BCUT2D eigenvalue weighted by Gasteiger charge is -2.43. The highest BCUT2D eigenvalue weighted by atomic mass is 127. The molecule has 0 unspecified atom stereocenters. The van der Waals surface area contributed by atoms with Gasteiger partial charge in [0.25, 0.3) is 0 Å². The molecule has 0 spiro atoms. The molecular formula is C20H29F3IN3O2. The highest BCUT2D eigenvalue weighted by molar-refractivity contribution is 14.0. The SMILES string of the molecule is CN=C(NCCCCC(=O)OC)NCC1(c2cccc(C(F)(F)F)c2)CCC1.I. The second-order valence-electron chi connectivity index (χ2n) is 7.10. The molecule has 2 N–H and O–H groups in total. The third-order valence-electron chi connectivity index (χ3n) is 5.26. The van der Waals surface area contributed by atoms with Crippen molar-refractivity contribution >= 4 is 35.9 Å². The Morgan fingerprint density at radius 3 is 2.52 bits per heavy atom. The van der Waals surface area contributed by atoms with Gasteiger partial charge in [0.05, 0.1) is 12.7 Å². The summed E-state index contributed by atoms with van der Waals surface area (Å²) in [6, 6.07) is 5.63. The Balaban J connectivity index is 0.00000420. The molecule has 0 aromatic heterocycles. The van der Waals surface area contributed by atoms with E-state index in [9.17, 15) is 18.0 Å². The fourth-order valence-electron chi connectivity index (χ4n) is 3.37. The largest absolute Gasteiger partial charge is 0.469 e. The zero-order valence-electron chi connectivity index (χ0n) is 16.8. The van der Waals surface area contributed by atoms with Gasteiger partial charge < -0.3 is 15.4 Å². The Morgan fingerprint density at radius 1 is 1.24 bits per heavy atom. The molecule has 5 nitrogen and oxygen atoms in total. The van der Waals surface area contributed by atoms with Crippen molar-refractivity contribution in [2.24, 2.45) is 4.99 Å². The molecule has 0 amide bonds. The standard InChI is InChI=1S/C20H28F3N3O2.HI/c1-24-18(25-12-4-3-9-17(27)28-2)26-14-19(10-6-11-19)15-7-5-8-16(13-15)20(21,22)23;/h5,7-8,13H,3-4,6,9-12,14H2,1-2H3,(H2,24,25,26);1H. The van der Waals surface area contributed by atoms with Crippen molar-refractivity contribution in [3.8, 4) is 0 Å². The first kappa shape index (κ1) is 25.5. The summed E-state index contributed by atoms with van der Waals surface area (Å²) in [6.45, 7) is 1.17. The Hall–Kier alpha value is -1.52. The molecular weight excluding hydrogens is 498 g/mol. The summed E-state index contributed by atoms with van der Waals surface area (Å²) in [6.07, 6.45) is 0.227. The molecule has 0 aliphatic heterocycles. The van der Waals surface area contributed by atoms with Crippen LogP contribution in [0.15, 0.2) is 29.3 Å². The molecule has 29 heavy (non-hydrogen) atoms. The number of unbranched alkanes of at least 4 members (excludes halogenated alkanes) is 1.